The van der Waals surface area contributed by atoms with E-state index in [0.717, 1.165) is 36.9 Å². The highest BCUT2D eigenvalue weighted by molar-refractivity contribution is 5.57. The first kappa shape index (κ1) is 16.2. The van der Waals surface area contributed by atoms with Crippen LogP contribution in [0.2, 0.25) is 0 Å². The monoisotopic (exact) mass is 313 g/mol. The molecule has 0 aliphatic carbocycles. The largest absolute Gasteiger partial charge is 0.354 e. The van der Waals surface area contributed by atoms with E-state index in [1.807, 2.05) is 19.2 Å². The molecule has 2 aliphatic rings. The number of aromatic nitrogens is 1. The predicted octanol–water partition coefficient (Wildman–Crippen LogP) is 1.87. The van der Waals surface area contributed by atoms with Crippen molar-refractivity contribution in [3.8, 4) is 6.07 Å². The quantitative estimate of drug-likeness (QED) is 0.852. The molecule has 3 heterocycles. The Bertz CT molecular complexity index is 586. The van der Waals surface area contributed by atoms with Crippen molar-refractivity contribution < 1.29 is 0 Å². The van der Waals surface area contributed by atoms with E-state index in [1.165, 1.54) is 25.9 Å². The van der Waals surface area contributed by atoms with Crippen molar-refractivity contribution in [1.29, 1.82) is 5.26 Å². The van der Waals surface area contributed by atoms with Crippen LogP contribution in [0.25, 0.3) is 0 Å². The van der Waals surface area contributed by atoms with E-state index in [9.17, 15) is 5.26 Å². The van der Waals surface area contributed by atoms with Crippen molar-refractivity contribution in [3.05, 3.63) is 23.4 Å². The first-order chi connectivity index (χ1) is 11.1. The Kier molecular flexibility index (Phi) is 4.84. The molecular weight excluding hydrogens is 286 g/mol. The molecule has 3 rings (SSSR count). The maximum Gasteiger partial charge on any atom is 0.146 e. The standard InChI is InChI=1S/C18H27N5/c1-14-4-8-20-18(17(14)12-19)22(3)16-7-11-23(13-16)15-5-9-21(2)10-6-15/h4,8,15-16H,5-7,9-11,13H2,1-3H3. The fourth-order valence-corrected chi connectivity index (χ4v) is 3.90. The molecule has 0 spiro atoms. The number of rotatable bonds is 3. The van der Waals surface area contributed by atoms with Crippen molar-refractivity contribution in [2.75, 3.05) is 45.2 Å². The van der Waals surface area contributed by atoms with E-state index in [-0.39, 0.29) is 0 Å². The second-order valence-electron chi connectivity index (χ2n) is 7.02. The minimum absolute atomic E-state index is 0.455. The fraction of sp³-hybridized carbons (Fsp3) is 0.667. The summed E-state index contributed by atoms with van der Waals surface area (Å²) in [6, 6.07) is 5.42. The fourth-order valence-electron chi connectivity index (χ4n) is 3.90. The molecule has 1 unspecified atom stereocenters. The van der Waals surface area contributed by atoms with Crippen molar-refractivity contribution in [2.24, 2.45) is 0 Å². The van der Waals surface area contributed by atoms with Crippen LogP contribution in [0.3, 0.4) is 0 Å². The van der Waals surface area contributed by atoms with Crippen molar-refractivity contribution in [3.63, 3.8) is 0 Å². The van der Waals surface area contributed by atoms with Gasteiger partial charge in [0.2, 0.25) is 0 Å². The van der Waals surface area contributed by atoms with Crippen molar-refractivity contribution in [2.45, 2.75) is 38.3 Å². The zero-order valence-corrected chi connectivity index (χ0v) is 14.5. The van der Waals surface area contributed by atoms with Gasteiger partial charge in [0.1, 0.15) is 11.9 Å². The summed E-state index contributed by atoms with van der Waals surface area (Å²) >= 11 is 0. The van der Waals surface area contributed by atoms with Gasteiger partial charge in [-0.05, 0) is 58.0 Å². The van der Waals surface area contributed by atoms with Gasteiger partial charge >= 0.3 is 0 Å². The summed E-state index contributed by atoms with van der Waals surface area (Å²) in [6.07, 6.45) is 5.52. The molecule has 1 aromatic rings. The summed E-state index contributed by atoms with van der Waals surface area (Å²) < 4.78 is 0. The number of piperidine rings is 1. The van der Waals surface area contributed by atoms with Gasteiger partial charge in [-0.3, -0.25) is 4.90 Å². The van der Waals surface area contributed by atoms with Crippen molar-refractivity contribution >= 4 is 5.82 Å². The minimum Gasteiger partial charge on any atom is -0.354 e. The van der Waals surface area contributed by atoms with E-state index >= 15 is 0 Å². The zero-order valence-electron chi connectivity index (χ0n) is 14.5. The first-order valence-electron chi connectivity index (χ1n) is 8.61. The molecule has 2 saturated heterocycles. The van der Waals surface area contributed by atoms with Gasteiger partial charge < -0.3 is 9.80 Å². The van der Waals surface area contributed by atoms with Gasteiger partial charge in [-0.25, -0.2) is 4.98 Å². The highest BCUT2D eigenvalue weighted by Crippen LogP contribution is 2.27. The Morgan fingerprint density at radius 3 is 2.70 bits per heavy atom. The topological polar surface area (TPSA) is 46.4 Å². The molecule has 0 saturated carbocycles. The van der Waals surface area contributed by atoms with Crippen LogP contribution in [0, 0.1) is 18.3 Å². The number of hydrogen-bond acceptors (Lipinski definition) is 5. The molecule has 2 aliphatic heterocycles. The summed E-state index contributed by atoms with van der Waals surface area (Å²) in [5, 5.41) is 9.44. The molecule has 0 amide bonds. The summed E-state index contributed by atoms with van der Waals surface area (Å²) in [7, 11) is 4.30. The van der Waals surface area contributed by atoms with Gasteiger partial charge in [0.25, 0.3) is 0 Å². The third-order valence-electron chi connectivity index (χ3n) is 5.53. The van der Waals surface area contributed by atoms with Gasteiger partial charge in [0.05, 0.1) is 5.56 Å². The summed E-state index contributed by atoms with van der Waals surface area (Å²) in [5.41, 5.74) is 1.72. The molecule has 1 aromatic heterocycles. The van der Waals surface area contributed by atoms with E-state index in [1.54, 1.807) is 0 Å². The van der Waals surface area contributed by atoms with Crippen LogP contribution in [0.1, 0.15) is 30.4 Å². The number of pyridine rings is 1. The molecule has 0 aromatic carbocycles. The van der Waals surface area contributed by atoms with E-state index in [0.29, 0.717) is 11.6 Å². The predicted molar refractivity (Wildman–Crippen MR) is 92.6 cm³/mol. The van der Waals surface area contributed by atoms with Gasteiger partial charge in [-0.1, -0.05) is 0 Å². The van der Waals surface area contributed by atoms with Crippen LogP contribution in [0.5, 0.6) is 0 Å². The smallest absolute Gasteiger partial charge is 0.146 e. The van der Waals surface area contributed by atoms with Crippen molar-refractivity contribution in [1.82, 2.24) is 14.8 Å². The Labute approximate surface area is 139 Å². The number of nitriles is 1. The molecule has 5 heteroatoms. The van der Waals surface area contributed by atoms with Crippen LogP contribution < -0.4 is 4.90 Å². The molecular formula is C18H27N5. The molecule has 0 N–H and O–H groups in total. The number of nitrogens with zero attached hydrogens (tertiary/aromatic N) is 5. The number of likely N-dealkylation sites (tertiary alicyclic amines) is 2. The van der Waals surface area contributed by atoms with E-state index in [4.69, 9.17) is 0 Å². The number of anilines is 1. The third kappa shape index (κ3) is 3.34. The molecule has 5 nitrogen and oxygen atoms in total. The summed E-state index contributed by atoms with van der Waals surface area (Å²) in [4.78, 5) is 11.8. The second kappa shape index (κ2) is 6.86. The van der Waals surface area contributed by atoms with Gasteiger partial charge in [-0.2, -0.15) is 5.26 Å². The molecule has 23 heavy (non-hydrogen) atoms. The Morgan fingerprint density at radius 1 is 1.26 bits per heavy atom. The van der Waals surface area contributed by atoms with Crippen LogP contribution in [-0.4, -0.2) is 67.1 Å². The molecule has 0 radical (unpaired) electrons. The van der Waals surface area contributed by atoms with Gasteiger partial charge in [0, 0.05) is 38.4 Å². The average molecular weight is 313 g/mol. The maximum atomic E-state index is 9.44. The minimum atomic E-state index is 0.455. The molecule has 2 fully saturated rings. The number of hydrogen-bond donors (Lipinski definition) is 0. The Hall–Kier alpha value is -1.64. The highest BCUT2D eigenvalue weighted by Gasteiger charge is 2.32. The lowest BCUT2D eigenvalue weighted by Crippen LogP contribution is -2.44. The Balaban J connectivity index is 1.67. The molecule has 1 atom stereocenters. The average Bonchev–Trinajstić information content (AvgIpc) is 3.04. The van der Waals surface area contributed by atoms with Gasteiger partial charge in [-0.15, -0.1) is 0 Å². The lowest BCUT2D eigenvalue weighted by atomic mass is 10.0. The lowest BCUT2D eigenvalue weighted by Gasteiger charge is -2.35. The lowest BCUT2D eigenvalue weighted by molar-refractivity contribution is 0.142. The normalized spacial score (nSPS) is 23.8. The highest BCUT2D eigenvalue weighted by atomic mass is 15.3. The van der Waals surface area contributed by atoms with Crippen LogP contribution in [0.4, 0.5) is 5.82 Å². The summed E-state index contributed by atoms with van der Waals surface area (Å²) in [5.74, 6) is 0.836. The van der Waals surface area contributed by atoms with Crippen LogP contribution in [0.15, 0.2) is 12.3 Å². The number of aryl methyl sites for hydroxylation is 1. The van der Waals surface area contributed by atoms with Gasteiger partial charge in [0.15, 0.2) is 0 Å². The summed E-state index contributed by atoms with van der Waals surface area (Å²) in [6.45, 7) is 6.65. The Morgan fingerprint density at radius 2 is 2.00 bits per heavy atom. The zero-order chi connectivity index (χ0) is 16.4. The SMILES string of the molecule is Cc1ccnc(N(C)C2CCN(C3CCN(C)CC3)C2)c1C#N. The second-order valence-corrected chi connectivity index (χ2v) is 7.02. The molecule has 0 bridgehead atoms. The number of likely N-dealkylation sites (N-methyl/N-ethyl adjacent to an activating group) is 1. The van der Waals surface area contributed by atoms with Crippen LogP contribution >= 0.6 is 0 Å². The third-order valence-corrected chi connectivity index (χ3v) is 5.53. The molecule has 124 valence electrons. The maximum absolute atomic E-state index is 9.44. The first-order valence-corrected chi connectivity index (χ1v) is 8.61. The van der Waals surface area contributed by atoms with Crippen LogP contribution in [-0.2, 0) is 0 Å². The van der Waals surface area contributed by atoms with E-state index in [2.05, 4.69) is 39.8 Å². The van der Waals surface area contributed by atoms with E-state index < -0.39 is 0 Å².